The molecule has 210 valence electrons. The Bertz CT molecular complexity index is 1690. The SMILES string of the molecule is COC(=O)Nc1ccc(-c2ccnc([C@H](Cc3ccccc3)NC(=O)C=Cc3cc(Cl)ccc3-n3cnnn3)c2)cc1. The zero-order chi connectivity index (χ0) is 29.3. The first-order valence-corrected chi connectivity index (χ1v) is 13.3. The number of nitrogens with one attached hydrogen (secondary N) is 2. The van der Waals surface area contributed by atoms with E-state index in [9.17, 15) is 9.59 Å². The lowest BCUT2D eigenvalue weighted by Gasteiger charge is -2.19. The lowest BCUT2D eigenvalue weighted by Crippen LogP contribution is -2.29. The number of methoxy groups -OCH3 is 1. The van der Waals surface area contributed by atoms with Crippen molar-refractivity contribution in [3.05, 3.63) is 125 Å². The number of rotatable bonds is 9. The second-order valence-corrected chi connectivity index (χ2v) is 9.64. The normalized spacial score (nSPS) is 11.7. The Kier molecular flexibility index (Phi) is 8.95. The molecule has 0 saturated heterocycles. The van der Waals surface area contributed by atoms with Crippen LogP contribution in [0.25, 0.3) is 22.9 Å². The van der Waals surface area contributed by atoms with Crippen molar-refractivity contribution in [1.82, 2.24) is 30.5 Å². The van der Waals surface area contributed by atoms with Gasteiger partial charge in [0.25, 0.3) is 0 Å². The van der Waals surface area contributed by atoms with Crippen molar-refractivity contribution >= 4 is 35.4 Å². The van der Waals surface area contributed by atoms with E-state index >= 15 is 0 Å². The highest BCUT2D eigenvalue weighted by Crippen LogP contribution is 2.26. The van der Waals surface area contributed by atoms with E-state index in [4.69, 9.17) is 11.6 Å². The molecule has 11 heteroatoms. The number of hydrogen-bond donors (Lipinski definition) is 2. The number of ether oxygens (including phenoxy) is 1. The number of anilines is 1. The highest BCUT2D eigenvalue weighted by atomic mass is 35.5. The van der Waals surface area contributed by atoms with E-state index in [0.29, 0.717) is 34.1 Å². The topological polar surface area (TPSA) is 124 Å². The zero-order valence-electron chi connectivity index (χ0n) is 22.5. The molecule has 2 heterocycles. The van der Waals surface area contributed by atoms with E-state index in [2.05, 4.69) is 35.9 Å². The summed E-state index contributed by atoms with van der Waals surface area (Å²) in [7, 11) is 1.31. The third kappa shape index (κ3) is 7.23. The minimum Gasteiger partial charge on any atom is -0.453 e. The van der Waals surface area contributed by atoms with Gasteiger partial charge in [0.05, 0.1) is 24.5 Å². The molecule has 0 fully saturated rings. The molecule has 0 aliphatic heterocycles. The Morgan fingerprint density at radius 2 is 1.81 bits per heavy atom. The van der Waals surface area contributed by atoms with Crippen LogP contribution in [0.5, 0.6) is 0 Å². The van der Waals surface area contributed by atoms with E-state index in [1.54, 1.807) is 42.6 Å². The zero-order valence-corrected chi connectivity index (χ0v) is 23.3. The molecule has 5 aromatic rings. The molecular formula is C31H26ClN7O3. The number of hydrogen-bond acceptors (Lipinski definition) is 7. The maximum atomic E-state index is 13.2. The van der Waals surface area contributed by atoms with E-state index in [0.717, 1.165) is 16.7 Å². The molecule has 5 rings (SSSR count). The minimum atomic E-state index is -0.538. The molecule has 10 nitrogen and oxygen atoms in total. The highest BCUT2D eigenvalue weighted by Gasteiger charge is 2.17. The lowest BCUT2D eigenvalue weighted by atomic mass is 9.99. The van der Waals surface area contributed by atoms with Crippen LogP contribution >= 0.6 is 11.6 Å². The first kappa shape index (κ1) is 28.2. The summed E-state index contributed by atoms with van der Waals surface area (Å²) in [5.74, 6) is -0.302. The first-order valence-electron chi connectivity index (χ1n) is 13.0. The summed E-state index contributed by atoms with van der Waals surface area (Å²) in [5, 5.41) is 17.6. The van der Waals surface area contributed by atoms with Gasteiger partial charge in [-0.1, -0.05) is 54.1 Å². The van der Waals surface area contributed by atoms with Gasteiger partial charge in [0.1, 0.15) is 6.33 Å². The molecule has 3 aromatic carbocycles. The summed E-state index contributed by atoms with van der Waals surface area (Å²) < 4.78 is 6.15. The number of tetrazole rings is 1. The number of benzene rings is 3. The standard InChI is InChI=1S/C31H26ClN7O3/c1-42-31(41)35-26-11-7-22(8-12-26)23-15-16-33-27(19-23)28(17-21-5-3-2-4-6-21)36-30(40)14-9-24-18-25(32)10-13-29(24)39-20-34-37-38-39/h2-16,18-20,28H,17H2,1H3,(H,35,41)(H,36,40)/t28-/m0/s1. The van der Waals surface area contributed by atoms with Crippen molar-refractivity contribution in [3.8, 4) is 16.8 Å². The van der Waals surface area contributed by atoms with Crippen molar-refractivity contribution in [2.24, 2.45) is 0 Å². The molecule has 0 aliphatic rings. The number of carbonyl (C=O) groups excluding carboxylic acids is 2. The van der Waals surface area contributed by atoms with Crippen molar-refractivity contribution in [3.63, 3.8) is 0 Å². The van der Waals surface area contributed by atoms with Gasteiger partial charge in [0, 0.05) is 28.5 Å². The van der Waals surface area contributed by atoms with Crippen molar-refractivity contribution in [2.75, 3.05) is 12.4 Å². The summed E-state index contributed by atoms with van der Waals surface area (Å²) >= 11 is 6.22. The fourth-order valence-corrected chi connectivity index (χ4v) is 4.52. The van der Waals surface area contributed by atoms with E-state index in [-0.39, 0.29) is 5.91 Å². The molecule has 0 aliphatic carbocycles. The Labute approximate surface area is 247 Å². The molecule has 2 amide bonds. The molecule has 2 aromatic heterocycles. The van der Waals surface area contributed by atoms with Crippen LogP contribution in [0.3, 0.4) is 0 Å². The van der Waals surface area contributed by atoms with Gasteiger partial charge in [-0.25, -0.2) is 4.79 Å². The summed E-state index contributed by atoms with van der Waals surface area (Å²) in [6, 6.07) is 25.9. The third-order valence-corrected chi connectivity index (χ3v) is 6.62. The second-order valence-electron chi connectivity index (χ2n) is 9.21. The van der Waals surface area contributed by atoms with Crippen molar-refractivity contribution in [2.45, 2.75) is 12.5 Å². The van der Waals surface area contributed by atoms with Crippen LogP contribution in [0.4, 0.5) is 10.5 Å². The smallest absolute Gasteiger partial charge is 0.411 e. The second kappa shape index (κ2) is 13.3. The van der Waals surface area contributed by atoms with Gasteiger partial charge in [0.15, 0.2) is 0 Å². The van der Waals surface area contributed by atoms with Crippen LogP contribution in [0, 0.1) is 0 Å². The van der Waals surface area contributed by atoms with Gasteiger partial charge in [-0.3, -0.25) is 15.1 Å². The Balaban J connectivity index is 1.39. The molecule has 0 saturated carbocycles. The van der Waals surface area contributed by atoms with Crippen LogP contribution in [0.1, 0.15) is 22.9 Å². The summed E-state index contributed by atoms with van der Waals surface area (Å²) in [6.07, 6.45) is 6.31. The molecule has 42 heavy (non-hydrogen) atoms. The molecule has 0 radical (unpaired) electrons. The van der Waals surface area contributed by atoms with Gasteiger partial charge < -0.3 is 10.1 Å². The van der Waals surface area contributed by atoms with Crippen LogP contribution in [0.15, 0.2) is 104 Å². The van der Waals surface area contributed by atoms with Crippen LogP contribution < -0.4 is 10.6 Å². The molecule has 0 spiro atoms. The predicted octanol–water partition coefficient (Wildman–Crippen LogP) is 5.67. The molecule has 2 N–H and O–H groups in total. The average Bonchev–Trinajstić information content (AvgIpc) is 3.56. The first-order chi connectivity index (χ1) is 20.5. The monoisotopic (exact) mass is 579 g/mol. The van der Waals surface area contributed by atoms with Crippen LogP contribution in [-0.2, 0) is 16.0 Å². The number of amides is 2. The summed E-state index contributed by atoms with van der Waals surface area (Å²) in [5.41, 5.74) is 5.56. The largest absolute Gasteiger partial charge is 0.453 e. The fourth-order valence-electron chi connectivity index (χ4n) is 4.34. The van der Waals surface area contributed by atoms with Gasteiger partial charge in [0.2, 0.25) is 5.91 Å². The van der Waals surface area contributed by atoms with Gasteiger partial charge >= 0.3 is 6.09 Å². The average molecular weight is 580 g/mol. The molecule has 0 unspecified atom stereocenters. The number of pyridine rings is 1. The van der Waals surface area contributed by atoms with Crippen LogP contribution in [0.2, 0.25) is 5.02 Å². The van der Waals surface area contributed by atoms with Crippen LogP contribution in [-0.4, -0.2) is 44.3 Å². The maximum Gasteiger partial charge on any atom is 0.411 e. The Morgan fingerprint density at radius 3 is 2.55 bits per heavy atom. The van der Waals surface area contributed by atoms with E-state index in [1.807, 2.05) is 54.6 Å². The van der Waals surface area contributed by atoms with E-state index < -0.39 is 12.1 Å². The van der Waals surface area contributed by atoms with Crippen molar-refractivity contribution < 1.29 is 14.3 Å². The highest BCUT2D eigenvalue weighted by molar-refractivity contribution is 6.30. The molecule has 1 atom stereocenters. The number of halogens is 1. The predicted molar refractivity (Wildman–Crippen MR) is 160 cm³/mol. The van der Waals surface area contributed by atoms with Crippen molar-refractivity contribution in [1.29, 1.82) is 0 Å². The number of nitrogens with zero attached hydrogens (tertiary/aromatic N) is 5. The van der Waals surface area contributed by atoms with Gasteiger partial charge in [-0.05, 0) is 82.1 Å². The molecular weight excluding hydrogens is 554 g/mol. The Hall–Kier alpha value is -5.35. The minimum absolute atomic E-state index is 0.302. The summed E-state index contributed by atoms with van der Waals surface area (Å²) in [4.78, 5) is 29.3. The number of carbonyl (C=O) groups is 2. The number of aromatic nitrogens is 5. The van der Waals surface area contributed by atoms with Gasteiger partial charge in [-0.2, -0.15) is 4.68 Å². The fraction of sp³-hybridized carbons (Fsp3) is 0.0968. The van der Waals surface area contributed by atoms with E-state index in [1.165, 1.54) is 24.2 Å². The molecule has 0 bridgehead atoms. The quantitative estimate of drug-likeness (QED) is 0.216. The third-order valence-electron chi connectivity index (χ3n) is 6.39. The lowest BCUT2D eigenvalue weighted by molar-refractivity contribution is -0.117. The van der Waals surface area contributed by atoms with Gasteiger partial charge in [-0.15, -0.1) is 5.10 Å². The Morgan fingerprint density at radius 1 is 1.00 bits per heavy atom. The summed E-state index contributed by atoms with van der Waals surface area (Å²) in [6.45, 7) is 0. The maximum absolute atomic E-state index is 13.2.